The average Bonchev–Trinajstić information content (AvgIpc) is 2.61. The van der Waals surface area contributed by atoms with Crippen molar-refractivity contribution in [1.29, 1.82) is 0 Å². The zero-order valence-electron chi connectivity index (χ0n) is 14.7. The Morgan fingerprint density at radius 1 is 1.12 bits per heavy atom. The summed E-state index contributed by atoms with van der Waals surface area (Å²) in [7, 11) is -2.21. The number of carbonyl (C=O) groups excluding carboxylic acids is 1. The second-order valence-corrected chi connectivity index (χ2v) is 8.63. The van der Waals surface area contributed by atoms with Crippen molar-refractivity contribution in [2.24, 2.45) is 5.92 Å². The molecular formula is C18H22N2O3S2. The SMILES string of the molecule is CSc1ccc(S(=O)(=O)N(C)c2ccccc2)cc1NC(=O)C(C)C. The lowest BCUT2D eigenvalue weighted by molar-refractivity contribution is -0.118. The number of thioether (sulfide) groups is 1. The van der Waals surface area contributed by atoms with Crippen LogP contribution in [0.2, 0.25) is 0 Å². The van der Waals surface area contributed by atoms with Gasteiger partial charge in [-0.25, -0.2) is 8.42 Å². The molecule has 7 heteroatoms. The van der Waals surface area contributed by atoms with Gasteiger partial charge in [-0.3, -0.25) is 9.10 Å². The fraction of sp³-hybridized carbons (Fsp3) is 0.278. The number of benzene rings is 2. The van der Waals surface area contributed by atoms with E-state index >= 15 is 0 Å². The Kier molecular flexibility index (Phi) is 6.13. The lowest BCUT2D eigenvalue weighted by atomic mass is 10.2. The third kappa shape index (κ3) is 4.35. The summed E-state index contributed by atoms with van der Waals surface area (Å²) in [6.07, 6.45) is 1.88. The molecule has 0 unspecified atom stereocenters. The summed E-state index contributed by atoms with van der Waals surface area (Å²) in [5.74, 6) is -0.344. The molecule has 0 aromatic heterocycles. The summed E-state index contributed by atoms with van der Waals surface area (Å²) in [5.41, 5.74) is 1.08. The van der Waals surface area contributed by atoms with Crippen molar-refractivity contribution in [3.8, 4) is 0 Å². The summed E-state index contributed by atoms with van der Waals surface area (Å²) < 4.78 is 27.1. The van der Waals surface area contributed by atoms with Gasteiger partial charge in [0.15, 0.2) is 0 Å². The van der Waals surface area contributed by atoms with Gasteiger partial charge in [0.2, 0.25) is 5.91 Å². The van der Waals surface area contributed by atoms with Crippen LogP contribution in [0.1, 0.15) is 13.8 Å². The van der Waals surface area contributed by atoms with Gasteiger partial charge in [0.1, 0.15) is 0 Å². The fourth-order valence-corrected chi connectivity index (χ4v) is 3.91. The van der Waals surface area contributed by atoms with Crippen molar-refractivity contribution >= 4 is 39.1 Å². The van der Waals surface area contributed by atoms with Gasteiger partial charge < -0.3 is 5.32 Å². The number of rotatable bonds is 6. The van der Waals surface area contributed by atoms with Gasteiger partial charge in [0.05, 0.1) is 16.3 Å². The molecule has 5 nitrogen and oxygen atoms in total. The van der Waals surface area contributed by atoms with E-state index in [4.69, 9.17) is 0 Å². The molecule has 0 aliphatic carbocycles. The summed E-state index contributed by atoms with van der Waals surface area (Å²) in [6, 6.07) is 13.7. The van der Waals surface area contributed by atoms with E-state index in [1.54, 1.807) is 50.2 Å². The van der Waals surface area contributed by atoms with E-state index in [0.29, 0.717) is 11.4 Å². The van der Waals surface area contributed by atoms with Crippen LogP contribution in [0, 0.1) is 5.92 Å². The van der Waals surface area contributed by atoms with Crippen LogP contribution in [-0.2, 0) is 14.8 Å². The summed E-state index contributed by atoms with van der Waals surface area (Å²) in [5, 5.41) is 2.81. The van der Waals surface area contributed by atoms with E-state index in [0.717, 1.165) is 4.90 Å². The van der Waals surface area contributed by atoms with Crippen LogP contribution in [0.25, 0.3) is 0 Å². The number of hydrogen-bond acceptors (Lipinski definition) is 4. The smallest absolute Gasteiger partial charge is 0.264 e. The first-order chi connectivity index (χ1) is 11.8. The zero-order chi connectivity index (χ0) is 18.6. The Hall–Kier alpha value is -1.99. The number of nitrogens with zero attached hydrogens (tertiary/aromatic N) is 1. The fourth-order valence-electron chi connectivity index (χ4n) is 2.16. The van der Waals surface area contributed by atoms with Gasteiger partial charge in [0, 0.05) is 17.9 Å². The maximum Gasteiger partial charge on any atom is 0.264 e. The highest BCUT2D eigenvalue weighted by molar-refractivity contribution is 7.98. The van der Waals surface area contributed by atoms with Crippen molar-refractivity contribution in [2.75, 3.05) is 22.9 Å². The maximum absolute atomic E-state index is 12.9. The average molecular weight is 379 g/mol. The quantitative estimate of drug-likeness (QED) is 0.776. The van der Waals surface area contributed by atoms with E-state index < -0.39 is 10.0 Å². The van der Waals surface area contributed by atoms with Crippen molar-refractivity contribution < 1.29 is 13.2 Å². The maximum atomic E-state index is 12.9. The molecule has 0 saturated heterocycles. The predicted molar refractivity (Wildman–Crippen MR) is 104 cm³/mol. The number of para-hydroxylation sites is 1. The highest BCUT2D eigenvalue weighted by Crippen LogP contribution is 2.30. The Morgan fingerprint density at radius 2 is 1.76 bits per heavy atom. The van der Waals surface area contributed by atoms with Crippen LogP contribution in [0.3, 0.4) is 0 Å². The van der Waals surface area contributed by atoms with Crippen LogP contribution in [0.15, 0.2) is 58.3 Å². The molecule has 0 aliphatic rings. The van der Waals surface area contributed by atoms with E-state index in [2.05, 4.69) is 5.32 Å². The number of nitrogens with one attached hydrogen (secondary N) is 1. The minimum Gasteiger partial charge on any atom is -0.325 e. The van der Waals surface area contributed by atoms with Gasteiger partial charge in [-0.05, 0) is 36.6 Å². The molecule has 0 fully saturated rings. The molecule has 134 valence electrons. The summed E-state index contributed by atoms with van der Waals surface area (Å²) in [6.45, 7) is 3.58. The molecule has 25 heavy (non-hydrogen) atoms. The summed E-state index contributed by atoms with van der Waals surface area (Å²) >= 11 is 1.45. The van der Waals surface area contributed by atoms with Gasteiger partial charge in [-0.2, -0.15) is 0 Å². The third-order valence-corrected chi connectivity index (χ3v) is 6.31. The normalized spacial score (nSPS) is 11.4. The van der Waals surface area contributed by atoms with Crippen molar-refractivity contribution in [3.63, 3.8) is 0 Å². The van der Waals surface area contributed by atoms with E-state index in [1.807, 2.05) is 12.3 Å². The molecule has 0 radical (unpaired) electrons. The molecule has 0 heterocycles. The first-order valence-corrected chi connectivity index (χ1v) is 10.5. The first kappa shape index (κ1) is 19.3. The second-order valence-electron chi connectivity index (χ2n) is 5.81. The molecule has 0 aliphatic heterocycles. The predicted octanol–water partition coefficient (Wildman–Crippen LogP) is 3.83. The van der Waals surface area contributed by atoms with Crippen molar-refractivity contribution in [3.05, 3.63) is 48.5 Å². The minimum atomic E-state index is -3.72. The molecular weight excluding hydrogens is 356 g/mol. The molecule has 2 aromatic rings. The summed E-state index contributed by atoms with van der Waals surface area (Å²) in [4.78, 5) is 13.0. The van der Waals surface area contributed by atoms with Gasteiger partial charge in [0.25, 0.3) is 10.0 Å². The Bertz CT molecular complexity index is 850. The number of hydrogen-bond donors (Lipinski definition) is 1. The number of sulfonamides is 1. The van der Waals surface area contributed by atoms with E-state index in [1.165, 1.54) is 29.2 Å². The zero-order valence-corrected chi connectivity index (χ0v) is 16.3. The minimum absolute atomic E-state index is 0.135. The monoisotopic (exact) mass is 378 g/mol. The largest absolute Gasteiger partial charge is 0.325 e. The third-order valence-electron chi connectivity index (χ3n) is 3.73. The number of anilines is 2. The van der Waals surface area contributed by atoms with Gasteiger partial charge >= 0.3 is 0 Å². The number of amides is 1. The Balaban J connectivity index is 2.43. The molecule has 1 amide bonds. The Morgan fingerprint density at radius 3 is 2.32 bits per heavy atom. The van der Waals surface area contributed by atoms with E-state index in [9.17, 15) is 13.2 Å². The molecule has 0 spiro atoms. The van der Waals surface area contributed by atoms with Crippen molar-refractivity contribution in [1.82, 2.24) is 0 Å². The highest BCUT2D eigenvalue weighted by Gasteiger charge is 2.23. The lowest BCUT2D eigenvalue weighted by Gasteiger charge is -2.20. The Labute approximate surface area is 153 Å². The molecule has 2 aromatic carbocycles. The highest BCUT2D eigenvalue weighted by atomic mass is 32.2. The van der Waals surface area contributed by atoms with Crippen LogP contribution in [0.5, 0.6) is 0 Å². The molecule has 1 N–H and O–H groups in total. The molecule has 0 saturated carbocycles. The van der Waals surface area contributed by atoms with Crippen LogP contribution in [0.4, 0.5) is 11.4 Å². The topological polar surface area (TPSA) is 66.5 Å². The van der Waals surface area contributed by atoms with Gasteiger partial charge in [-0.1, -0.05) is 32.0 Å². The first-order valence-electron chi connectivity index (χ1n) is 7.80. The van der Waals surface area contributed by atoms with Crippen molar-refractivity contribution in [2.45, 2.75) is 23.6 Å². The lowest BCUT2D eigenvalue weighted by Crippen LogP contribution is -2.26. The second kappa shape index (κ2) is 7.93. The molecule has 0 bridgehead atoms. The molecule has 0 atom stereocenters. The standard InChI is InChI=1S/C18H22N2O3S2/c1-13(2)18(21)19-16-12-15(10-11-17(16)24-4)25(22,23)20(3)14-8-6-5-7-9-14/h5-13H,1-4H3,(H,19,21). The van der Waals surface area contributed by atoms with Gasteiger partial charge in [-0.15, -0.1) is 11.8 Å². The van der Waals surface area contributed by atoms with Crippen LogP contribution < -0.4 is 9.62 Å². The van der Waals surface area contributed by atoms with E-state index in [-0.39, 0.29) is 16.7 Å². The van der Waals surface area contributed by atoms with Crippen LogP contribution in [-0.4, -0.2) is 27.6 Å². The number of carbonyl (C=O) groups is 1. The van der Waals surface area contributed by atoms with Crippen LogP contribution >= 0.6 is 11.8 Å². The molecule has 2 rings (SSSR count).